The molecule has 184 valence electrons. The molecule has 2 aromatic rings. The topological polar surface area (TPSA) is 115 Å². The highest BCUT2D eigenvalue weighted by Gasteiger charge is 2.38. The fourth-order valence-corrected chi connectivity index (χ4v) is 6.15. The molecule has 1 amide bonds. The molecule has 2 heterocycles. The lowest BCUT2D eigenvalue weighted by Crippen LogP contribution is -2.41. The van der Waals surface area contributed by atoms with E-state index in [9.17, 15) is 22.8 Å². The Hall–Kier alpha value is -2.98. The Morgan fingerprint density at radius 1 is 1.06 bits per heavy atom. The molecule has 34 heavy (non-hydrogen) atoms. The smallest absolute Gasteiger partial charge is 0.341 e. The minimum absolute atomic E-state index is 0.0283. The number of amides is 1. The molecule has 1 N–H and O–H groups in total. The number of hydrogen-bond donors (Lipinski definition) is 1. The van der Waals surface area contributed by atoms with E-state index in [1.54, 1.807) is 56.7 Å². The van der Waals surface area contributed by atoms with Crippen LogP contribution in [0, 0.1) is 19.8 Å². The van der Waals surface area contributed by atoms with Crippen LogP contribution in [0.4, 0.5) is 5.69 Å². The number of nitrogens with one attached hydrogen (secondary N) is 1. The van der Waals surface area contributed by atoms with E-state index in [-0.39, 0.29) is 47.8 Å². The van der Waals surface area contributed by atoms with Gasteiger partial charge in [0.25, 0.3) is 0 Å². The van der Waals surface area contributed by atoms with Crippen molar-refractivity contribution in [3.05, 3.63) is 46.8 Å². The number of piperidine rings is 1. The number of carbonyl (C=O) groups is 3. The molecule has 0 bridgehead atoms. The van der Waals surface area contributed by atoms with Crippen LogP contribution in [-0.4, -0.2) is 54.6 Å². The van der Waals surface area contributed by atoms with Gasteiger partial charge in [0.2, 0.25) is 15.9 Å². The highest BCUT2D eigenvalue weighted by Crippen LogP contribution is 2.32. The molecule has 1 fully saturated rings. The van der Waals surface area contributed by atoms with Crippen molar-refractivity contribution >= 4 is 33.4 Å². The third-order valence-electron chi connectivity index (χ3n) is 6.38. The first-order chi connectivity index (χ1) is 16.0. The third-order valence-corrected chi connectivity index (χ3v) is 8.45. The molecule has 1 aliphatic heterocycles. The Kier molecular flexibility index (Phi) is 7.62. The second kappa shape index (κ2) is 10.1. The van der Waals surface area contributed by atoms with Crippen molar-refractivity contribution in [2.24, 2.45) is 13.0 Å². The molecular weight excluding hydrogens is 458 g/mol. The molecule has 10 heteroatoms. The number of benzene rings is 1. The maximum Gasteiger partial charge on any atom is 0.341 e. The van der Waals surface area contributed by atoms with Gasteiger partial charge >= 0.3 is 5.97 Å². The van der Waals surface area contributed by atoms with Gasteiger partial charge < -0.3 is 14.6 Å². The van der Waals surface area contributed by atoms with Crippen molar-refractivity contribution in [3.63, 3.8) is 0 Å². The zero-order valence-electron chi connectivity index (χ0n) is 20.2. The maximum absolute atomic E-state index is 13.5. The van der Waals surface area contributed by atoms with Crippen LogP contribution in [-0.2, 0) is 26.6 Å². The predicted molar refractivity (Wildman–Crippen MR) is 127 cm³/mol. The Bertz CT molecular complexity index is 1210. The Labute approximate surface area is 200 Å². The normalized spacial score (nSPS) is 15.2. The van der Waals surface area contributed by atoms with Crippen LogP contribution in [0.3, 0.4) is 0 Å². The highest BCUT2D eigenvalue weighted by molar-refractivity contribution is 7.89. The molecule has 0 unspecified atom stereocenters. The van der Waals surface area contributed by atoms with Crippen LogP contribution < -0.4 is 5.32 Å². The summed E-state index contributed by atoms with van der Waals surface area (Å²) in [6.45, 7) is 6.98. The number of anilines is 1. The van der Waals surface area contributed by atoms with Gasteiger partial charge in [-0.2, -0.15) is 4.31 Å². The van der Waals surface area contributed by atoms with Gasteiger partial charge in [0.1, 0.15) is 10.5 Å². The number of Topliss-reactive ketones (excluding diaryl/α,β-unsaturated/α-hetero) is 1. The van der Waals surface area contributed by atoms with E-state index in [1.165, 1.54) is 11.2 Å². The average Bonchev–Trinajstić information content (AvgIpc) is 3.04. The minimum atomic E-state index is -3.96. The molecule has 3 rings (SSSR count). The van der Waals surface area contributed by atoms with E-state index in [1.807, 2.05) is 0 Å². The van der Waals surface area contributed by atoms with Gasteiger partial charge in [-0.25, -0.2) is 13.2 Å². The van der Waals surface area contributed by atoms with Gasteiger partial charge in [-0.1, -0.05) is 0 Å². The maximum atomic E-state index is 13.5. The van der Waals surface area contributed by atoms with E-state index < -0.39 is 16.0 Å². The number of ether oxygens (including phenoxy) is 1. The first-order valence-corrected chi connectivity index (χ1v) is 12.7. The third kappa shape index (κ3) is 4.92. The summed E-state index contributed by atoms with van der Waals surface area (Å²) in [4.78, 5) is 36.7. The van der Waals surface area contributed by atoms with Gasteiger partial charge in [-0.15, -0.1) is 0 Å². The summed E-state index contributed by atoms with van der Waals surface area (Å²) in [5.41, 5.74) is 2.20. The van der Waals surface area contributed by atoms with Crippen LogP contribution in [0.2, 0.25) is 0 Å². The molecular formula is C24H31N3O6S. The standard InChI is InChI=1S/C24H31N3O6S/c1-6-33-24(30)21-15(2)26(5)16(3)22(21)34(31,32)27-13-11-19(12-14-27)23(29)25-20-9-7-18(8-10-20)17(4)28/h7-10,19H,6,11-14H2,1-5H3,(H,25,29). The highest BCUT2D eigenvalue weighted by atomic mass is 32.2. The van der Waals surface area contributed by atoms with Crippen LogP contribution in [0.25, 0.3) is 0 Å². The van der Waals surface area contributed by atoms with E-state index in [2.05, 4.69) is 5.32 Å². The number of aromatic nitrogens is 1. The number of rotatable bonds is 7. The molecule has 1 aliphatic rings. The number of ketones is 1. The van der Waals surface area contributed by atoms with Crippen molar-refractivity contribution in [2.45, 2.75) is 45.4 Å². The Morgan fingerprint density at radius 2 is 1.65 bits per heavy atom. The average molecular weight is 490 g/mol. The Balaban J connectivity index is 1.73. The van der Waals surface area contributed by atoms with Crippen molar-refractivity contribution in [3.8, 4) is 0 Å². The van der Waals surface area contributed by atoms with Gasteiger partial charge in [0.05, 0.1) is 6.61 Å². The van der Waals surface area contributed by atoms with Gasteiger partial charge in [0.15, 0.2) is 5.78 Å². The van der Waals surface area contributed by atoms with Crippen LogP contribution >= 0.6 is 0 Å². The number of nitrogens with zero attached hydrogens (tertiary/aromatic N) is 2. The van der Waals surface area contributed by atoms with Crippen molar-refractivity contribution in [2.75, 3.05) is 25.0 Å². The van der Waals surface area contributed by atoms with Crippen molar-refractivity contribution in [1.29, 1.82) is 0 Å². The number of carbonyl (C=O) groups excluding carboxylic acids is 3. The lowest BCUT2D eigenvalue weighted by Gasteiger charge is -2.30. The van der Waals surface area contributed by atoms with Gasteiger partial charge in [-0.05, 0) is 64.8 Å². The van der Waals surface area contributed by atoms with Crippen LogP contribution in [0.1, 0.15) is 58.8 Å². The first-order valence-electron chi connectivity index (χ1n) is 11.2. The predicted octanol–water partition coefficient (Wildman–Crippen LogP) is 3.06. The molecule has 0 spiro atoms. The summed E-state index contributed by atoms with van der Waals surface area (Å²) in [5.74, 6) is -1.25. The zero-order valence-corrected chi connectivity index (χ0v) is 21.0. The van der Waals surface area contributed by atoms with Gasteiger partial charge in [0, 0.05) is 48.7 Å². The fraction of sp³-hybridized carbons (Fsp3) is 0.458. The summed E-state index contributed by atoms with van der Waals surface area (Å²) < 4.78 is 35.2. The van der Waals surface area contributed by atoms with E-state index in [4.69, 9.17) is 4.74 Å². The molecule has 0 radical (unpaired) electrons. The summed E-state index contributed by atoms with van der Waals surface area (Å²) >= 11 is 0. The molecule has 0 aliphatic carbocycles. The van der Waals surface area contributed by atoms with E-state index in [0.29, 0.717) is 35.5 Å². The van der Waals surface area contributed by atoms with Gasteiger partial charge in [-0.3, -0.25) is 9.59 Å². The van der Waals surface area contributed by atoms with E-state index in [0.717, 1.165) is 0 Å². The lowest BCUT2D eigenvalue weighted by molar-refractivity contribution is -0.120. The quantitative estimate of drug-likeness (QED) is 0.472. The van der Waals surface area contributed by atoms with Crippen molar-refractivity contribution in [1.82, 2.24) is 8.87 Å². The number of hydrogen-bond acceptors (Lipinski definition) is 6. The lowest BCUT2D eigenvalue weighted by atomic mass is 9.97. The molecule has 0 saturated carbocycles. The molecule has 1 aromatic carbocycles. The second-order valence-electron chi connectivity index (χ2n) is 8.46. The number of sulfonamides is 1. The minimum Gasteiger partial charge on any atom is -0.462 e. The second-order valence-corrected chi connectivity index (χ2v) is 10.3. The largest absolute Gasteiger partial charge is 0.462 e. The SMILES string of the molecule is CCOC(=O)c1c(S(=O)(=O)N2CCC(C(=O)Nc3ccc(C(C)=O)cc3)CC2)c(C)n(C)c1C. The fourth-order valence-electron chi connectivity index (χ4n) is 4.20. The molecule has 1 aromatic heterocycles. The molecule has 1 saturated heterocycles. The Morgan fingerprint density at radius 3 is 2.18 bits per heavy atom. The number of esters is 1. The first kappa shape index (κ1) is 25.6. The summed E-state index contributed by atoms with van der Waals surface area (Å²) in [6, 6.07) is 6.65. The summed E-state index contributed by atoms with van der Waals surface area (Å²) in [5, 5.41) is 2.84. The molecule has 0 atom stereocenters. The monoisotopic (exact) mass is 489 g/mol. The molecule has 9 nitrogen and oxygen atoms in total. The summed E-state index contributed by atoms with van der Waals surface area (Å²) in [7, 11) is -2.25. The summed E-state index contributed by atoms with van der Waals surface area (Å²) in [6.07, 6.45) is 0.715. The van der Waals surface area contributed by atoms with Crippen LogP contribution in [0.5, 0.6) is 0 Å². The zero-order chi connectivity index (χ0) is 25.2. The van der Waals surface area contributed by atoms with E-state index >= 15 is 0 Å². The van der Waals surface area contributed by atoms with Crippen LogP contribution in [0.15, 0.2) is 29.2 Å². The van der Waals surface area contributed by atoms with Crippen molar-refractivity contribution < 1.29 is 27.5 Å².